The molecule has 6 nitrogen and oxygen atoms in total. The van der Waals surface area contributed by atoms with E-state index in [1.54, 1.807) is 30.3 Å². The second kappa shape index (κ2) is 11.8. The molecule has 2 saturated heterocycles. The standard InChI is InChI=1S/C37H34F3NO5S/c1-44-33-18-17-29(46-37(38,39)40)21-31(33)27-22-35(45-25-27)20-19-32-34(47(42,43)30-15-9-4-10-16-30)23-36(35,28-13-7-3-8-14-28)41(32)24-26-11-5-2-6-12-26/h2-18,21-22,32,34H,19-20,23-25H2,1H3/t32-,34+,35+,36+/m0/s1. The van der Waals surface area contributed by atoms with Crippen LogP contribution in [0, 0.1) is 0 Å². The maximum atomic E-state index is 14.5. The molecule has 7 rings (SSSR count). The molecule has 0 saturated carbocycles. The summed E-state index contributed by atoms with van der Waals surface area (Å²) in [6, 6.07) is 32.1. The van der Waals surface area contributed by atoms with Gasteiger partial charge in [-0.05, 0) is 72.4 Å². The highest BCUT2D eigenvalue weighted by atomic mass is 32.2. The highest BCUT2D eigenvalue weighted by molar-refractivity contribution is 7.92. The second-order valence-corrected chi connectivity index (χ2v) is 14.5. The number of ether oxygens (including phenoxy) is 3. The Morgan fingerprint density at radius 1 is 0.915 bits per heavy atom. The van der Waals surface area contributed by atoms with E-state index in [0.29, 0.717) is 36.3 Å². The first kappa shape index (κ1) is 31.5. The quantitative estimate of drug-likeness (QED) is 0.194. The van der Waals surface area contributed by atoms with E-state index in [2.05, 4.69) is 9.64 Å². The first-order valence-corrected chi connectivity index (χ1v) is 17.1. The zero-order chi connectivity index (χ0) is 32.9. The predicted octanol–water partition coefficient (Wildman–Crippen LogP) is 7.55. The van der Waals surface area contributed by atoms with Crippen molar-refractivity contribution in [1.82, 2.24) is 4.90 Å². The third kappa shape index (κ3) is 5.42. The maximum Gasteiger partial charge on any atom is 0.573 e. The third-order valence-corrected chi connectivity index (χ3v) is 12.1. The van der Waals surface area contributed by atoms with Crippen LogP contribution in [0.15, 0.2) is 120 Å². The van der Waals surface area contributed by atoms with Crippen molar-refractivity contribution >= 4 is 15.4 Å². The summed E-state index contributed by atoms with van der Waals surface area (Å²) in [4.78, 5) is 2.59. The van der Waals surface area contributed by atoms with E-state index in [1.165, 1.54) is 25.3 Å². The molecule has 0 aliphatic carbocycles. The first-order valence-electron chi connectivity index (χ1n) is 15.5. The average Bonchev–Trinajstić information content (AvgIpc) is 3.61. The Morgan fingerprint density at radius 2 is 1.57 bits per heavy atom. The van der Waals surface area contributed by atoms with Crippen LogP contribution in [0.3, 0.4) is 0 Å². The van der Waals surface area contributed by atoms with E-state index in [9.17, 15) is 21.6 Å². The van der Waals surface area contributed by atoms with Gasteiger partial charge in [0.25, 0.3) is 0 Å². The number of methoxy groups -OCH3 is 1. The number of sulfone groups is 1. The third-order valence-electron chi connectivity index (χ3n) is 9.89. The highest BCUT2D eigenvalue weighted by Gasteiger charge is 2.69. The summed E-state index contributed by atoms with van der Waals surface area (Å²) in [6.45, 7) is 0.577. The number of fused-ring (bicyclic) bond motifs is 3. The van der Waals surface area contributed by atoms with Crippen LogP contribution in [-0.4, -0.2) is 50.3 Å². The van der Waals surface area contributed by atoms with Gasteiger partial charge in [-0.3, -0.25) is 4.90 Å². The van der Waals surface area contributed by atoms with Crippen LogP contribution in [0.1, 0.15) is 36.0 Å². The van der Waals surface area contributed by atoms with E-state index in [0.717, 1.165) is 11.1 Å². The summed E-state index contributed by atoms with van der Waals surface area (Å²) < 4.78 is 85.2. The lowest BCUT2D eigenvalue weighted by atomic mass is 9.68. The Bertz CT molecular complexity index is 1890. The van der Waals surface area contributed by atoms with Gasteiger partial charge in [0.1, 0.15) is 17.1 Å². The first-order chi connectivity index (χ1) is 22.6. The number of halogens is 3. The molecule has 4 aromatic carbocycles. The Balaban J connectivity index is 1.42. The number of nitrogens with zero attached hydrogens (tertiary/aromatic N) is 1. The van der Waals surface area contributed by atoms with Gasteiger partial charge in [-0.2, -0.15) is 0 Å². The van der Waals surface area contributed by atoms with Crippen molar-refractivity contribution in [3.8, 4) is 11.5 Å². The summed E-state index contributed by atoms with van der Waals surface area (Å²) in [6.07, 6.45) is -1.53. The molecule has 244 valence electrons. The Morgan fingerprint density at radius 3 is 2.23 bits per heavy atom. The summed E-state index contributed by atoms with van der Waals surface area (Å²) in [5.41, 5.74) is 1.12. The van der Waals surface area contributed by atoms with Gasteiger partial charge in [0, 0.05) is 18.2 Å². The molecular formula is C37H34F3NO5S. The molecule has 0 radical (unpaired) electrons. The zero-order valence-electron chi connectivity index (χ0n) is 25.7. The summed E-state index contributed by atoms with van der Waals surface area (Å²) >= 11 is 0. The molecule has 3 aliphatic heterocycles. The van der Waals surface area contributed by atoms with E-state index < -0.39 is 32.6 Å². The summed E-state index contributed by atoms with van der Waals surface area (Å²) in [5, 5.41) is -0.729. The zero-order valence-corrected chi connectivity index (χ0v) is 26.5. The summed E-state index contributed by atoms with van der Waals surface area (Å²) in [5.74, 6) is 0.0168. The summed E-state index contributed by atoms with van der Waals surface area (Å²) in [7, 11) is -2.31. The number of piperidine rings is 1. The molecule has 10 heteroatoms. The van der Waals surface area contributed by atoms with Gasteiger partial charge in [-0.15, -0.1) is 13.2 Å². The molecule has 4 aromatic rings. The minimum Gasteiger partial charge on any atom is -0.496 e. The van der Waals surface area contributed by atoms with Crippen LogP contribution in [0.4, 0.5) is 13.2 Å². The maximum absolute atomic E-state index is 14.5. The lowest BCUT2D eigenvalue weighted by molar-refractivity contribution is -0.274. The van der Waals surface area contributed by atoms with E-state index in [1.807, 2.05) is 66.7 Å². The molecule has 2 fully saturated rings. The molecule has 3 heterocycles. The van der Waals surface area contributed by atoms with Crippen LogP contribution in [-0.2, 0) is 26.7 Å². The van der Waals surface area contributed by atoms with Crippen LogP contribution < -0.4 is 9.47 Å². The monoisotopic (exact) mass is 661 g/mol. The smallest absolute Gasteiger partial charge is 0.496 e. The van der Waals surface area contributed by atoms with Gasteiger partial charge in [0.05, 0.1) is 29.4 Å². The normalized spacial score (nSPS) is 25.9. The number of rotatable bonds is 8. The predicted molar refractivity (Wildman–Crippen MR) is 171 cm³/mol. The Kier molecular flexibility index (Phi) is 7.93. The van der Waals surface area contributed by atoms with Crippen LogP contribution >= 0.6 is 0 Å². The van der Waals surface area contributed by atoms with Crippen molar-refractivity contribution in [2.24, 2.45) is 0 Å². The van der Waals surface area contributed by atoms with Crippen molar-refractivity contribution in [1.29, 1.82) is 0 Å². The fourth-order valence-electron chi connectivity index (χ4n) is 7.98. The Hall–Kier alpha value is -4.12. The van der Waals surface area contributed by atoms with Crippen LogP contribution in [0.2, 0.25) is 0 Å². The van der Waals surface area contributed by atoms with Crippen molar-refractivity contribution in [3.63, 3.8) is 0 Å². The van der Waals surface area contributed by atoms with Crippen molar-refractivity contribution < 1.29 is 35.8 Å². The van der Waals surface area contributed by atoms with Gasteiger partial charge in [-0.1, -0.05) is 78.9 Å². The molecule has 4 atom stereocenters. The average molecular weight is 662 g/mol. The van der Waals surface area contributed by atoms with Gasteiger partial charge in [0.15, 0.2) is 9.84 Å². The molecule has 3 aliphatic rings. The lowest BCUT2D eigenvalue weighted by Crippen LogP contribution is -2.62. The fourth-order valence-corrected chi connectivity index (χ4v) is 10.0. The lowest BCUT2D eigenvalue weighted by Gasteiger charge is -2.55. The SMILES string of the molecule is COc1ccc(OC(F)(F)F)cc1C1=C[C@@]2(CC[C@H]3[C@H](S(=O)(=O)c4ccccc4)C[C@]2(c2ccccc2)N3Cc2ccccc2)OC1. The van der Waals surface area contributed by atoms with E-state index >= 15 is 0 Å². The van der Waals surface area contributed by atoms with Crippen LogP contribution in [0.25, 0.3) is 5.57 Å². The second-order valence-electron chi connectivity index (χ2n) is 12.3. The van der Waals surface area contributed by atoms with Gasteiger partial charge >= 0.3 is 6.36 Å². The number of hydrogen-bond acceptors (Lipinski definition) is 6. The molecule has 1 spiro atoms. The van der Waals surface area contributed by atoms with Gasteiger partial charge < -0.3 is 14.2 Å². The van der Waals surface area contributed by atoms with Crippen molar-refractivity contribution in [3.05, 3.63) is 132 Å². The minimum absolute atomic E-state index is 0.0976. The van der Waals surface area contributed by atoms with Crippen molar-refractivity contribution in [2.75, 3.05) is 13.7 Å². The molecule has 2 bridgehead atoms. The molecule has 0 unspecified atom stereocenters. The Labute approximate surface area is 272 Å². The number of benzene rings is 4. The van der Waals surface area contributed by atoms with Gasteiger partial charge in [-0.25, -0.2) is 8.42 Å². The van der Waals surface area contributed by atoms with E-state index in [-0.39, 0.29) is 29.7 Å². The van der Waals surface area contributed by atoms with Gasteiger partial charge in [0.2, 0.25) is 0 Å². The molecule has 0 aromatic heterocycles. The minimum atomic E-state index is -4.86. The molecule has 0 N–H and O–H groups in total. The fraction of sp³-hybridized carbons (Fsp3) is 0.297. The largest absolute Gasteiger partial charge is 0.573 e. The van der Waals surface area contributed by atoms with Crippen LogP contribution in [0.5, 0.6) is 11.5 Å². The van der Waals surface area contributed by atoms with Crippen molar-refractivity contribution in [2.45, 2.75) is 59.5 Å². The number of hydrogen-bond donors (Lipinski definition) is 0. The number of alkyl halides is 3. The topological polar surface area (TPSA) is 65.1 Å². The molecular weight excluding hydrogens is 627 g/mol. The molecule has 0 amide bonds. The highest BCUT2D eigenvalue weighted by Crippen LogP contribution is 2.62. The van der Waals surface area contributed by atoms with E-state index in [4.69, 9.17) is 9.47 Å². The molecule has 47 heavy (non-hydrogen) atoms.